The van der Waals surface area contributed by atoms with Gasteiger partial charge >= 0.3 is 5.97 Å². The molecule has 0 aliphatic heterocycles. The van der Waals surface area contributed by atoms with Gasteiger partial charge in [-0.25, -0.2) is 4.79 Å². The van der Waals surface area contributed by atoms with E-state index in [2.05, 4.69) is 51.1 Å². The van der Waals surface area contributed by atoms with Crippen molar-refractivity contribution in [2.45, 2.75) is 32.1 Å². The lowest BCUT2D eigenvalue weighted by Gasteiger charge is -2.33. The lowest BCUT2D eigenvalue weighted by atomic mass is 9.71. The highest BCUT2D eigenvalue weighted by atomic mass is 16.5. The van der Waals surface area contributed by atoms with E-state index in [4.69, 9.17) is 9.47 Å². The molecule has 0 radical (unpaired) electrons. The van der Waals surface area contributed by atoms with E-state index in [1.165, 1.54) is 29.0 Å². The highest BCUT2D eigenvalue weighted by Crippen LogP contribution is 2.39. The molecule has 3 heteroatoms. The van der Waals surface area contributed by atoms with E-state index in [1.807, 2.05) is 30.3 Å². The number of rotatable bonds is 5. The minimum atomic E-state index is -0.308. The first kappa shape index (κ1) is 19.0. The van der Waals surface area contributed by atoms with Crippen molar-refractivity contribution in [2.24, 2.45) is 0 Å². The first-order valence-electron chi connectivity index (χ1n) is 9.13. The maximum absolute atomic E-state index is 11.7. The monoisotopic (exact) mass is 362 g/mol. The van der Waals surface area contributed by atoms with Crippen LogP contribution in [0.5, 0.6) is 5.75 Å². The zero-order valence-corrected chi connectivity index (χ0v) is 16.6. The number of hydrogen-bond acceptors (Lipinski definition) is 3. The number of carbonyl (C=O) groups is 1. The molecule has 3 nitrogen and oxygen atoms in total. The molecule has 0 fully saturated rings. The van der Waals surface area contributed by atoms with Crippen LogP contribution in [0.4, 0.5) is 0 Å². The molecule has 0 bridgehead atoms. The lowest BCUT2D eigenvalue weighted by Crippen LogP contribution is -2.25. The summed E-state index contributed by atoms with van der Waals surface area (Å²) >= 11 is 0. The van der Waals surface area contributed by atoms with Gasteiger partial charge in [0.15, 0.2) is 0 Å². The molecule has 1 unspecified atom stereocenters. The van der Waals surface area contributed by atoms with Crippen molar-refractivity contribution in [3.63, 3.8) is 0 Å². The Morgan fingerprint density at radius 1 is 0.889 bits per heavy atom. The van der Waals surface area contributed by atoms with Crippen LogP contribution in [0.1, 0.15) is 48.2 Å². The summed E-state index contributed by atoms with van der Waals surface area (Å²) in [7, 11) is 3.09. The molecule has 3 aromatic carbocycles. The number of fused-ring (bicyclic) bond motifs is 1. The van der Waals surface area contributed by atoms with Crippen molar-refractivity contribution in [1.29, 1.82) is 0 Å². The SMILES string of the molecule is COC(=O)c1ccc(C(C)(C)C(C)c2ccc3cc(OC)ccc3c2)cc1. The molecular formula is C24H26O3. The first-order chi connectivity index (χ1) is 12.9. The van der Waals surface area contributed by atoms with Gasteiger partial charge < -0.3 is 9.47 Å². The molecule has 0 saturated carbocycles. The van der Waals surface area contributed by atoms with Crippen LogP contribution in [0, 0.1) is 0 Å². The molecule has 0 spiro atoms. The Morgan fingerprint density at radius 2 is 1.52 bits per heavy atom. The normalized spacial score (nSPS) is 12.6. The van der Waals surface area contributed by atoms with Gasteiger partial charge in [0.25, 0.3) is 0 Å². The molecule has 0 saturated heterocycles. The van der Waals surface area contributed by atoms with Gasteiger partial charge in [-0.05, 0) is 57.5 Å². The number of carbonyl (C=O) groups excluding carboxylic acids is 1. The lowest BCUT2D eigenvalue weighted by molar-refractivity contribution is 0.0600. The second-order valence-corrected chi connectivity index (χ2v) is 7.48. The van der Waals surface area contributed by atoms with Crippen LogP contribution in [-0.2, 0) is 10.2 Å². The maximum Gasteiger partial charge on any atom is 0.337 e. The number of esters is 1. The molecule has 3 aromatic rings. The summed E-state index contributed by atoms with van der Waals surface area (Å²) in [5, 5.41) is 2.38. The Bertz CT molecular complexity index is 955. The predicted molar refractivity (Wildman–Crippen MR) is 110 cm³/mol. The highest BCUT2D eigenvalue weighted by Gasteiger charge is 2.29. The largest absolute Gasteiger partial charge is 0.497 e. The van der Waals surface area contributed by atoms with Crippen LogP contribution in [0.15, 0.2) is 60.7 Å². The molecule has 0 aromatic heterocycles. The number of methoxy groups -OCH3 is 2. The molecule has 27 heavy (non-hydrogen) atoms. The van der Waals surface area contributed by atoms with Gasteiger partial charge in [0.05, 0.1) is 19.8 Å². The Morgan fingerprint density at radius 3 is 2.15 bits per heavy atom. The Hall–Kier alpha value is -2.81. The third-order valence-corrected chi connectivity index (χ3v) is 5.70. The zero-order chi connectivity index (χ0) is 19.6. The number of benzene rings is 3. The third kappa shape index (κ3) is 3.68. The molecule has 0 heterocycles. The third-order valence-electron chi connectivity index (χ3n) is 5.70. The van der Waals surface area contributed by atoms with E-state index >= 15 is 0 Å². The van der Waals surface area contributed by atoms with Crippen molar-refractivity contribution >= 4 is 16.7 Å². The molecule has 1 atom stereocenters. The average molecular weight is 362 g/mol. The second-order valence-electron chi connectivity index (χ2n) is 7.48. The number of hydrogen-bond donors (Lipinski definition) is 0. The maximum atomic E-state index is 11.7. The average Bonchev–Trinajstić information content (AvgIpc) is 2.71. The summed E-state index contributed by atoms with van der Waals surface area (Å²) < 4.78 is 10.1. The standard InChI is InChI=1S/C24H26O3/c1-16(18-6-7-20-15-22(26-4)13-10-19(20)14-18)24(2,3)21-11-8-17(9-12-21)23(25)27-5/h6-16H,1-5H3. The Balaban J connectivity index is 1.92. The van der Waals surface area contributed by atoms with E-state index in [0.717, 1.165) is 5.75 Å². The summed E-state index contributed by atoms with van der Waals surface area (Å²) in [6.45, 7) is 6.73. The molecule has 0 amide bonds. The molecule has 0 aliphatic carbocycles. The first-order valence-corrected chi connectivity index (χ1v) is 9.13. The minimum Gasteiger partial charge on any atom is -0.497 e. The second kappa shape index (κ2) is 7.43. The van der Waals surface area contributed by atoms with Crippen LogP contribution < -0.4 is 4.74 Å². The number of ether oxygens (including phenoxy) is 2. The summed E-state index contributed by atoms with van der Waals surface area (Å²) in [6, 6.07) is 20.5. The fourth-order valence-corrected chi connectivity index (χ4v) is 3.46. The highest BCUT2D eigenvalue weighted by molar-refractivity contribution is 5.89. The van der Waals surface area contributed by atoms with Crippen LogP contribution in [0.25, 0.3) is 10.8 Å². The molecule has 3 rings (SSSR count). The van der Waals surface area contributed by atoms with E-state index in [0.29, 0.717) is 11.5 Å². The van der Waals surface area contributed by atoms with Crippen LogP contribution >= 0.6 is 0 Å². The van der Waals surface area contributed by atoms with Crippen molar-refractivity contribution < 1.29 is 14.3 Å². The van der Waals surface area contributed by atoms with E-state index in [1.54, 1.807) is 7.11 Å². The fourth-order valence-electron chi connectivity index (χ4n) is 3.46. The zero-order valence-electron chi connectivity index (χ0n) is 16.6. The van der Waals surface area contributed by atoms with Crippen molar-refractivity contribution in [3.05, 3.63) is 77.4 Å². The molecule has 0 N–H and O–H groups in total. The van der Waals surface area contributed by atoms with Gasteiger partial charge in [0, 0.05) is 0 Å². The smallest absolute Gasteiger partial charge is 0.337 e. The van der Waals surface area contributed by atoms with Gasteiger partial charge in [-0.3, -0.25) is 0 Å². The quantitative estimate of drug-likeness (QED) is 0.545. The van der Waals surface area contributed by atoms with Crippen molar-refractivity contribution in [3.8, 4) is 5.75 Å². The minimum absolute atomic E-state index is 0.0885. The summed E-state index contributed by atoms with van der Waals surface area (Å²) in [4.78, 5) is 11.7. The van der Waals surface area contributed by atoms with Gasteiger partial charge in [-0.15, -0.1) is 0 Å². The summed E-state index contributed by atoms with van der Waals surface area (Å²) in [5.41, 5.74) is 2.96. The van der Waals surface area contributed by atoms with Gasteiger partial charge in [0.1, 0.15) is 5.75 Å². The van der Waals surface area contributed by atoms with Crippen molar-refractivity contribution in [1.82, 2.24) is 0 Å². The van der Waals surface area contributed by atoms with Crippen molar-refractivity contribution in [2.75, 3.05) is 14.2 Å². The topological polar surface area (TPSA) is 35.5 Å². The van der Waals surface area contributed by atoms with Gasteiger partial charge in [0.2, 0.25) is 0 Å². The van der Waals surface area contributed by atoms with Crippen LogP contribution in [-0.4, -0.2) is 20.2 Å². The predicted octanol–water partition coefficient (Wildman–Crippen LogP) is 5.72. The van der Waals surface area contributed by atoms with Crippen LogP contribution in [0.2, 0.25) is 0 Å². The summed E-state index contributed by atoms with van der Waals surface area (Å²) in [6.07, 6.45) is 0. The van der Waals surface area contributed by atoms with E-state index < -0.39 is 0 Å². The molecular weight excluding hydrogens is 336 g/mol. The Labute approximate surface area is 160 Å². The van der Waals surface area contributed by atoms with E-state index in [9.17, 15) is 4.79 Å². The molecule has 140 valence electrons. The fraction of sp³-hybridized carbons (Fsp3) is 0.292. The Kier molecular flexibility index (Phi) is 5.22. The summed E-state index contributed by atoms with van der Waals surface area (Å²) in [5.74, 6) is 0.861. The van der Waals surface area contributed by atoms with E-state index in [-0.39, 0.29) is 11.4 Å². The molecule has 0 aliphatic rings. The van der Waals surface area contributed by atoms with Gasteiger partial charge in [-0.1, -0.05) is 57.2 Å². The van der Waals surface area contributed by atoms with Crippen LogP contribution in [0.3, 0.4) is 0 Å². The van der Waals surface area contributed by atoms with Gasteiger partial charge in [-0.2, -0.15) is 0 Å².